The topological polar surface area (TPSA) is 55.3 Å². The highest BCUT2D eigenvalue weighted by Crippen LogP contribution is 2.23. The Kier molecular flexibility index (Phi) is 6.22. The van der Waals surface area contributed by atoms with E-state index in [0.29, 0.717) is 5.92 Å². The predicted octanol–water partition coefficient (Wildman–Crippen LogP) is 3.63. The van der Waals surface area contributed by atoms with Crippen LogP contribution in [0.15, 0.2) is 34.9 Å². The summed E-state index contributed by atoms with van der Waals surface area (Å²) in [5.41, 5.74) is 9.32. The molecule has 0 aliphatic carbocycles. The summed E-state index contributed by atoms with van der Waals surface area (Å²) in [5.74, 6) is 1.52. The Hall–Kier alpha value is -1.36. The lowest BCUT2D eigenvalue weighted by Crippen LogP contribution is -2.41. The van der Waals surface area contributed by atoms with E-state index in [4.69, 9.17) is 10.3 Å². The Morgan fingerprint density at radius 3 is 2.78 bits per heavy atom. The third-order valence-corrected chi connectivity index (χ3v) is 4.57. The molecule has 23 heavy (non-hydrogen) atoms. The third-order valence-electron chi connectivity index (χ3n) is 4.57. The number of benzene rings is 1. The lowest BCUT2D eigenvalue weighted by atomic mass is 9.92. The summed E-state index contributed by atoms with van der Waals surface area (Å²) in [4.78, 5) is 2.43. The fourth-order valence-electron chi connectivity index (χ4n) is 3.13. The van der Waals surface area contributed by atoms with Crippen molar-refractivity contribution in [2.45, 2.75) is 39.3 Å². The van der Waals surface area contributed by atoms with Crippen LogP contribution in [0.2, 0.25) is 0 Å². The van der Waals surface area contributed by atoms with Gasteiger partial charge in [0.15, 0.2) is 5.76 Å². The Balaban J connectivity index is 0.00000192. The molecule has 1 aliphatic heterocycles. The van der Waals surface area contributed by atoms with Crippen molar-refractivity contribution in [1.29, 1.82) is 0 Å². The fraction of sp³-hybridized carbons (Fsp3) is 0.500. The molecule has 1 fully saturated rings. The highest BCUT2D eigenvalue weighted by atomic mass is 35.5. The number of rotatable bonds is 4. The molecule has 3 rings (SSSR count). The van der Waals surface area contributed by atoms with Crippen LogP contribution in [0.1, 0.15) is 31.1 Å². The van der Waals surface area contributed by atoms with Crippen LogP contribution in [-0.2, 0) is 6.54 Å². The lowest BCUT2D eigenvalue weighted by Gasteiger charge is -2.33. The van der Waals surface area contributed by atoms with Crippen molar-refractivity contribution in [3.63, 3.8) is 0 Å². The van der Waals surface area contributed by atoms with Crippen molar-refractivity contribution < 1.29 is 4.52 Å². The monoisotopic (exact) mass is 335 g/mol. The van der Waals surface area contributed by atoms with Gasteiger partial charge in [-0.15, -0.1) is 12.4 Å². The summed E-state index contributed by atoms with van der Waals surface area (Å²) in [6.07, 6.45) is 2.45. The summed E-state index contributed by atoms with van der Waals surface area (Å²) in [5, 5.41) is 4.21. The summed E-state index contributed by atoms with van der Waals surface area (Å²) in [7, 11) is 0. The molecule has 1 aromatic carbocycles. The zero-order chi connectivity index (χ0) is 15.5. The van der Waals surface area contributed by atoms with E-state index in [9.17, 15) is 0 Å². The number of piperidine rings is 1. The minimum absolute atomic E-state index is 0. The van der Waals surface area contributed by atoms with E-state index in [1.54, 1.807) is 0 Å². The van der Waals surface area contributed by atoms with Crippen LogP contribution in [0.5, 0.6) is 0 Å². The van der Waals surface area contributed by atoms with Gasteiger partial charge in [-0.25, -0.2) is 0 Å². The van der Waals surface area contributed by atoms with Gasteiger partial charge >= 0.3 is 0 Å². The Bertz CT molecular complexity index is 609. The van der Waals surface area contributed by atoms with E-state index in [0.717, 1.165) is 36.7 Å². The summed E-state index contributed by atoms with van der Waals surface area (Å²) < 4.78 is 5.52. The molecule has 0 amide bonds. The Morgan fingerprint density at radius 2 is 2.09 bits per heavy atom. The molecule has 4 nitrogen and oxygen atoms in total. The van der Waals surface area contributed by atoms with E-state index in [1.165, 1.54) is 18.4 Å². The third kappa shape index (κ3) is 4.56. The number of likely N-dealkylation sites (tertiary alicyclic amines) is 1. The highest BCUT2D eigenvalue weighted by Gasteiger charge is 2.23. The molecule has 2 aromatic rings. The van der Waals surface area contributed by atoms with Gasteiger partial charge in [-0.3, -0.25) is 4.90 Å². The molecule has 5 heteroatoms. The van der Waals surface area contributed by atoms with Gasteiger partial charge in [0, 0.05) is 24.2 Å². The molecule has 0 saturated carbocycles. The van der Waals surface area contributed by atoms with Gasteiger partial charge in [0.25, 0.3) is 0 Å². The van der Waals surface area contributed by atoms with Gasteiger partial charge in [-0.1, -0.05) is 35.0 Å². The second-order valence-electron chi connectivity index (χ2n) is 6.54. The molecule has 2 atom stereocenters. The van der Waals surface area contributed by atoms with E-state index >= 15 is 0 Å². The molecule has 2 unspecified atom stereocenters. The molecule has 126 valence electrons. The van der Waals surface area contributed by atoms with Gasteiger partial charge in [-0.05, 0) is 39.2 Å². The van der Waals surface area contributed by atoms with Crippen molar-refractivity contribution in [2.75, 3.05) is 13.1 Å². The number of hydrogen-bond acceptors (Lipinski definition) is 4. The largest absolute Gasteiger partial charge is 0.359 e. The van der Waals surface area contributed by atoms with Gasteiger partial charge in [0.05, 0.1) is 6.54 Å². The highest BCUT2D eigenvalue weighted by molar-refractivity contribution is 5.85. The summed E-state index contributed by atoms with van der Waals surface area (Å²) in [6.45, 7) is 7.19. The smallest absolute Gasteiger partial charge is 0.151 e. The van der Waals surface area contributed by atoms with Crippen molar-refractivity contribution in [3.05, 3.63) is 41.7 Å². The molecule has 0 spiro atoms. The maximum atomic E-state index is 6.05. The number of halogens is 1. The zero-order valence-electron chi connectivity index (χ0n) is 13.9. The molecule has 0 radical (unpaired) electrons. The zero-order valence-corrected chi connectivity index (χ0v) is 14.7. The van der Waals surface area contributed by atoms with Gasteiger partial charge in [-0.2, -0.15) is 0 Å². The minimum Gasteiger partial charge on any atom is -0.359 e. The van der Waals surface area contributed by atoms with Gasteiger partial charge in [0.1, 0.15) is 5.69 Å². The standard InChI is InChI=1S/C18H25N3O.ClH/c1-13-5-7-15(8-6-13)18-10-17(22-20-18)12-21-9-3-4-16(11-21)14(2)19;/h5-8,10,14,16H,3-4,9,11-12,19H2,1-2H3;1H. The first-order chi connectivity index (χ1) is 10.6. The second kappa shape index (κ2) is 7.95. The van der Waals surface area contributed by atoms with Crippen LogP contribution in [0.4, 0.5) is 0 Å². The van der Waals surface area contributed by atoms with Gasteiger partial charge in [0.2, 0.25) is 0 Å². The molecular weight excluding hydrogens is 310 g/mol. The van der Waals surface area contributed by atoms with Crippen LogP contribution in [0.3, 0.4) is 0 Å². The van der Waals surface area contributed by atoms with Crippen molar-refractivity contribution in [1.82, 2.24) is 10.1 Å². The van der Waals surface area contributed by atoms with Crippen molar-refractivity contribution >= 4 is 12.4 Å². The molecule has 1 saturated heterocycles. The van der Waals surface area contributed by atoms with E-state index in [1.807, 2.05) is 0 Å². The minimum atomic E-state index is 0. The molecule has 0 bridgehead atoms. The average Bonchev–Trinajstić information content (AvgIpc) is 2.96. The number of aromatic nitrogens is 1. The molecule has 1 aliphatic rings. The van der Waals surface area contributed by atoms with Crippen LogP contribution in [-0.4, -0.2) is 29.2 Å². The number of nitrogens with two attached hydrogens (primary N) is 1. The maximum Gasteiger partial charge on any atom is 0.151 e. The van der Waals surface area contributed by atoms with Crippen LogP contribution in [0.25, 0.3) is 11.3 Å². The number of nitrogens with zero attached hydrogens (tertiary/aromatic N) is 2. The number of aryl methyl sites for hydroxylation is 1. The summed E-state index contributed by atoms with van der Waals surface area (Å²) >= 11 is 0. The molecule has 2 heterocycles. The van der Waals surface area contributed by atoms with E-state index in [2.05, 4.69) is 54.2 Å². The van der Waals surface area contributed by atoms with Crippen LogP contribution < -0.4 is 5.73 Å². The van der Waals surface area contributed by atoms with Gasteiger partial charge < -0.3 is 10.3 Å². The first-order valence-corrected chi connectivity index (χ1v) is 8.12. The van der Waals surface area contributed by atoms with Crippen LogP contribution >= 0.6 is 12.4 Å². The van der Waals surface area contributed by atoms with Crippen LogP contribution in [0, 0.1) is 12.8 Å². The summed E-state index contributed by atoms with van der Waals surface area (Å²) in [6, 6.07) is 10.7. The Morgan fingerprint density at radius 1 is 1.35 bits per heavy atom. The SMILES string of the molecule is Cc1ccc(-c2cc(CN3CCCC(C(C)N)C3)on2)cc1.Cl. The predicted molar refractivity (Wildman–Crippen MR) is 95.6 cm³/mol. The first-order valence-electron chi connectivity index (χ1n) is 8.12. The maximum absolute atomic E-state index is 6.05. The molecular formula is C18H26ClN3O. The number of hydrogen-bond donors (Lipinski definition) is 1. The quantitative estimate of drug-likeness (QED) is 0.927. The van der Waals surface area contributed by atoms with E-state index < -0.39 is 0 Å². The second-order valence-corrected chi connectivity index (χ2v) is 6.54. The Labute approximate surface area is 144 Å². The lowest BCUT2D eigenvalue weighted by molar-refractivity contribution is 0.141. The van der Waals surface area contributed by atoms with E-state index in [-0.39, 0.29) is 18.4 Å². The first kappa shape index (κ1) is 18.0. The molecule has 1 aromatic heterocycles. The molecule has 2 N–H and O–H groups in total. The van der Waals surface area contributed by atoms with Crippen molar-refractivity contribution in [3.8, 4) is 11.3 Å². The average molecular weight is 336 g/mol. The van der Waals surface area contributed by atoms with Crippen molar-refractivity contribution in [2.24, 2.45) is 11.7 Å². The fourth-order valence-corrected chi connectivity index (χ4v) is 3.13. The normalized spacial score (nSPS) is 20.0.